The van der Waals surface area contributed by atoms with Gasteiger partial charge in [-0.1, -0.05) is 20.8 Å². The third kappa shape index (κ3) is 2.57. The van der Waals surface area contributed by atoms with E-state index in [1.165, 1.54) is 0 Å². The van der Waals surface area contributed by atoms with Crippen LogP contribution >= 0.6 is 0 Å². The molecule has 0 aromatic carbocycles. The van der Waals surface area contributed by atoms with Crippen LogP contribution in [-0.4, -0.2) is 23.6 Å². The van der Waals surface area contributed by atoms with Gasteiger partial charge in [-0.3, -0.25) is 0 Å². The monoisotopic (exact) mass is 167 g/mol. The molecule has 12 heavy (non-hydrogen) atoms. The number of hydrogen-bond donors (Lipinski definition) is 1. The summed E-state index contributed by atoms with van der Waals surface area (Å²) < 4.78 is 0. The van der Waals surface area contributed by atoms with Crippen molar-refractivity contribution >= 4 is 5.95 Å². The van der Waals surface area contributed by atoms with E-state index in [0.717, 1.165) is 12.5 Å². The van der Waals surface area contributed by atoms with Crippen LogP contribution in [0.3, 0.4) is 0 Å². The first kappa shape index (κ1) is 9.10. The number of imidazole rings is 1. The standard InChI is InChI=1S/C9H17N3/c1-9(2,3)7-12(4)8-10-5-6-11-8/h5-6H,7H2,1-4H3,(H,10,11). The zero-order valence-corrected chi connectivity index (χ0v) is 8.26. The number of rotatable bonds is 2. The Balaban J connectivity index is 2.56. The van der Waals surface area contributed by atoms with Crippen molar-refractivity contribution in [1.29, 1.82) is 0 Å². The van der Waals surface area contributed by atoms with E-state index in [0.29, 0.717) is 5.41 Å². The Bertz CT molecular complexity index is 220. The van der Waals surface area contributed by atoms with Gasteiger partial charge in [-0.05, 0) is 5.41 Å². The highest BCUT2D eigenvalue weighted by Gasteiger charge is 2.14. The minimum atomic E-state index is 0.307. The number of anilines is 1. The van der Waals surface area contributed by atoms with Crippen LogP contribution < -0.4 is 4.90 Å². The fraction of sp³-hybridized carbons (Fsp3) is 0.667. The first-order chi connectivity index (χ1) is 5.49. The van der Waals surface area contributed by atoms with Gasteiger partial charge in [-0.25, -0.2) is 4.98 Å². The number of nitrogens with one attached hydrogen (secondary N) is 1. The van der Waals surface area contributed by atoms with Crippen molar-refractivity contribution in [3.63, 3.8) is 0 Å². The number of aromatic amines is 1. The quantitative estimate of drug-likeness (QED) is 0.729. The molecule has 3 heteroatoms. The second-order valence-electron chi connectivity index (χ2n) is 4.33. The number of hydrogen-bond acceptors (Lipinski definition) is 2. The lowest BCUT2D eigenvalue weighted by atomic mass is 9.96. The molecule has 1 aromatic heterocycles. The van der Waals surface area contributed by atoms with Crippen molar-refractivity contribution in [1.82, 2.24) is 9.97 Å². The molecule has 0 atom stereocenters. The molecule has 0 bridgehead atoms. The highest BCUT2D eigenvalue weighted by molar-refractivity contribution is 5.27. The Kier molecular flexibility index (Phi) is 2.40. The molecule has 0 unspecified atom stereocenters. The Labute approximate surface area is 73.8 Å². The molecule has 0 aliphatic rings. The molecule has 0 radical (unpaired) electrons. The van der Waals surface area contributed by atoms with E-state index in [4.69, 9.17) is 0 Å². The van der Waals surface area contributed by atoms with Crippen LogP contribution in [0.5, 0.6) is 0 Å². The summed E-state index contributed by atoms with van der Waals surface area (Å²) in [5.74, 6) is 0.935. The Morgan fingerprint density at radius 1 is 1.50 bits per heavy atom. The lowest BCUT2D eigenvalue weighted by molar-refractivity contribution is 0.417. The topological polar surface area (TPSA) is 31.9 Å². The van der Waals surface area contributed by atoms with Crippen LogP contribution in [-0.2, 0) is 0 Å². The lowest BCUT2D eigenvalue weighted by Gasteiger charge is -2.25. The van der Waals surface area contributed by atoms with E-state index in [1.807, 2.05) is 13.2 Å². The van der Waals surface area contributed by atoms with Crippen LogP contribution in [0.2, 0.25) is 0 Å². The molecule has 0 fully saturated rings. The molecule has 0 aliphatic heterocycles. The number of nitrogens with zero attached hydrogens (tertiary/aromatic N) is 2. The Hall–Kier alpha value is -0.990. The fourth-order valence-corrected chi connectivity index (χ4v) is 1.25. The van der Waals surface area contributed by atoms with E-state index in [9.17, 15) is 0 Å². The molecule has 68 valence electrons. The Morgan fingerprint density at radius 3 is 2.58 bits per heavy atom. The maximum absolute atomic E-state index is 4.17. The molecule has 3 nitrogen and oxygen atoms in total. The molecular formula is C9H17N3. The van der Waals surface area contributed by atoms with Crippen LogP contribution in [0, 0.1) is 5.41 Å². The van der Waals surface area contributed by atoms with E-state index in [2.05, 4.69) is 35.6 Å². The van der Waals surface area contributed by atoms with E-state index in [1.54, 1.807) is 6.20 Å². The molecule has 0 saturated carbocycles. The highest BCUT2D eigenvalue weighted by Crippen LogP contribution is 2.16. The van der Waals surface area contributed by atoms with E-state index < -0.39 is 0 Å². The lowest BCUT2D eigenvalue weighted by Crippen LogP contribution is -2.29. The fourth-order valence-electron chi connectivity index (χ4n) is 1.25. The predicted molar refractivity (Wildman–Crippen MR) is 51.3 cm³/mol. The summed E-state index contributed by atoms with van der Waals surface area (Å²) in [5.41, 5.74) is 0.307. The molecule has 1 heterocycles. The van der Waals surface area contributed by atoms with Crippen molar-refractivity contribution in [2.75, 3.05) is 18.5 Å². The van der Waals surface area contributed by atoms with Gasteiger partial charge in [0, 0.05) is 26.0 Å². The van der Waals surface area contributed by atoms with Crippen molar-refractivity contribution in [3.05, 3.63) is 12.4 Å². The van der Waals surface area contributed by atoms with Gasteiger partial charge in [-0.2, -0.15) is 0 Å². The minimum absolute atomic E-state index is 0.307. The minimum Gasteiger partial charge on any atom is -0.345 e. The van der Waals surface area contributed by atoms with Gasteiger partial charge in [0.15, 0.2) is 0 Å². The predicted octanol–water partition coefficient (Wildman–Crippen LogP) is 1.89. The molecule has 0 amide bonds. The van der Waals surface area contributed by atoms with Crippen LogP contribution in [0.1, 0.15) is 20.8 Å². The summed E-state index contributed by atoms with van der Waals surface area (Å²) >= 11 is 0. The van der Waals surface area contributed by atoms with Crippen molar-refractivity contribution in [2.24, 2.45) is 5.41 Å². The summed E-state index contributed by atoms with van der Waals surface area (Å²) in [4.78, 5) is 9.37. The zero-order valence-electron chi connectivity index (χ0n) is 8.26. The molecule has 0 spiro atoms. The van der Waals surface area contributed by atoms with E-state index in [-0.39, 0.29) is 0 Å². The van der Waals surface area contributed by atoms with E-state index >= 15 is 0 Å². The van der Waals surface area contributed by atoms with Crippen LogP contribution in [0.4, 0.5) is 5.95 Å². The molecule has 1 aromatic rings. The van der Waals surface area contributed by atoms with Gasteiger partial charge >= 0.3 is 0 Å². The summed E-state index contributed by atoms with van der Waals surface area (Å²) in [5, 5.41) is 0. The maximum Gasteiger partial charge on any atom is 0.202 e. The van der Waals surface area contributed by atoms with Crippen molar-refractivity contribution < 1.29 is 0 Å². The smallest absolute Gasteiger partial charge is 0.202 e. The van der Waals surface area contributed by atoms with Gasteiger partial charge < -0.3 is 9.88 Å². The average Bonchev–Trinajstić information content (AvgIpc) is 2.32. The van der Waals surface area contributed by atoms with Crippen molar-refractivity contribution in [3.8, 4) is 0 Å². The maximum atomic E-state index is 4.17. The summed E-state index contributed by atoms with van der Waals surface area (Å²) in [6, 6.07) is 0. The first-order valence-corrected chi connectivity index (χ1v) is 4.19. The molecule has 1 rings (SSSR count). The second-order valence-corrected chi connectivity index (χ2v) is 4.33. The average molecular weight is 167 g/mol. The van der Waals surface area contributed by atoms with Gasteiger partial charge in [0.1, 0.15) is 0 Å². The summed E-state index contributed by atoms with van der Waals surface area (Å²) in [6.45, 7) is 7.64. The molecule has 0 saturated heterocycles. The SMILES string of the molecule is CN(CC(C)(C)C)c1ncc[nH]1. The number of H-pyrrole nitrogens is 1. The normalized spacial score (nSPS) is 11.7. The van der Waals surface area contributed by atoms with Gasteiger partial charge in [-0.15, -0.1) is 0 Å². The number of aromatic nitrogens is 2. The van der Waals surface area contributed by atoms with Gasteiger partial charge in [0.25, 0.3) is 0 Å². The summed E-state index contributed by atoms with van der Waals surface area (Å²) in [7, 11) is 2.05. The zero-order chi connectivity index (χ0) is 9.19. The van der Waals surface area contributed by atoms with Gasteiger partial charge in [0.2, 0.25) is 5.95 Å². The molecular weight excluding hydrogens is 150 g/mol. The third-order valence-electron chi connectivity index (χ3n) is 1.56. The second kappa shape index (κ2) is 3.17. The Morgan fingerprint density at radius 2 is 2.17 bits per heavy atom. The van der Waals surface area contributed by atoms with Crippen LogP contribution in [0.25, 0.3) is 0 Å². The largest absolute Gasteiger partial charge is 0.345 e. The first-order valence-electron chi connectivity index (χ1n) is 4.19. The van der Waals surface area contributed by atoms with Crippen LogP contribution in [0.15, 0.2) is 12.4 Å². The highest BCUT2D eigenvalue weighted by atomic mass is 15.2. The summed E-state index contributed by atoms with van der Waals surface area (Å²) in [6.07, 6.45) is 3.61. The van der Waals surface area contributed by atoms with Crippen molar-refractivity contribution in [2.45, 2.75) is 20.8 Å². The third-order valence-corrected chi connectivity index (χ3v) is 1.56. The van der Waals surface area contributed by atoms with Gasteiger partial charge in [0.05, 0.1) is 0 Å². The molecule has 0 aliphatic carbocycles. The molecule has 1 N–H and O–H groups in total.